The van der Waals surface area contributed by atoms with E-state index < -0.39 is 0 Å². The molecular weight excluding hydrogens is 370 g/mol. The van der Waals surface area contributed by atoms with E-state index in [0.717, 1.165) is 16.1 Å². The number of thiophene rings is 1. The summed E-state index contributed by atoms with van der Waals surface area (Å²) >= 11 is 2.76. The molecule has 0 bridgehead atoms. The first kappa shape index (κ1) is 18.0. The number of nitrogens with two attached hydrogens (primary N) is 1. The van der Waals surface area contributed by atoms with Gasteiger partial charge in [-0.15, -0.1) is 21.5 Å². The summed E-state index contributed by atoms with van der Waals surface area (Å²) in [5.74, 6) is 6.24. The SMILES string of the molecule is Cc1ccc(NC(=O)CSc2nnc(N/N=C/c3cccs3)n2N)cc1. The molecule has 26 heavy (non-hydrogen) atoms. The second-order valence-corrected chi connectivity index (χ2v) is 7.19. The van der Waals surface area contributed by atoms with Gasteiger partial charge in [0.2, 0.25) is 11.1 Å². The minimum Gasteiger partial charge on any atom is -0.334 e. The minimum atomic E-state index is -0.146. The van der Waals surface area contributed by atoms with Crippen LogP contribution < -0.4 is 16.6 Å². The third-order valence-electron chi connectivity index (χ3n) is 3.23. The second-order valence-electron chi connectivity index (χ2n) is 5.26. The molecule has 0 atom stereocenters. The molecular formula is C16H17N7OS2. The van der Waals surface area contributed by atoms with Crippen molar-refractivity contribution in [3.8, 4) is 0 Å². The molecule has 3 rings (SSSR count). The summed E-state index contributed by atoms with van der Waals surface area (Å²) < 4.78 is 1.26. The third kappa shape index (κ3) is 4.83. The van der Waals surface area contributed by atoms with Crippen LogP contribution in [0.2, 0.25) is 0 Å². The fourth-order valence-electron chi connectivity index (χ4n) is 1.93. The van der Waals surface area contributed by atoms with Gasteiger partial charge in [-0.2, -0.15) is 5.10 Å². The Kier molecular flexibility index (Phi) is 5.87. The average molecular weight is 387 g/mol. The largest absolute Gasteiger partial charge is 0.334 e. The Morgan fingerprint density at radius 3 is 2.88 bits per heavy atom. The highest BCUT2D eigenvalue weighted by Crippen LogP contribution is 2.17. The van der Waals surface area contributed by atoms with Crippen LogP contribution in [0.15, 0.2) is 52.0 Å². The Morgan fingerprint density at radius 2 is 2.15 bits per heavy atom. The number of nitrogens with zero attached hydrogens (tertiary/aromatic N) is 4. The van der Waals surface area contributed by atoms with Gasteiger partial charge in [0.25, 0.3) is 5.95 Å². The van der Waals surface area contributed by atoms with Crippen molar-refractivity contribution >= 4 is 46.9 Å². The molecule has 4 N–H and O–H groups in total. The van der Waals surface area contributed by atoms with Crippen molar-refractivity contribution in [3.63, 3.8) is 0 Å². The molecule has 0 saturated carbocycles. The maximum absolute atomic E-state index is 12.0. The van der Waals surface area contributed by atoms with E-state index in [-0.39, 0.29) is 11.7 Å². The molecule has 2 aromatic heterocycles. The second kappa shape index (κ2) is 8.50. The summed E-state index contributed by atoms with van der Waals surface area (Å²) in [5.41, 5.74) is 4.62. The lowest BCUT2D eigenvalue weighted by Crippen LogP contribution is -2.16. The van der Waals surface area contributed by atoms with Gasteiger partial charge in [-0.05, 0) is 30.5 Å². The lowest BCUT2D eigenvalue weighted by Gasteiger charge is -2.05. The number of rotatable bonds is 7. The summed E-state index contributed by atoms with van der Waals surface area (Å²) in [5, 5.41) is 17.1. The smallest absolute Gasteiger partial charge is 0.264 e. The van der Waals surface area contributed by atoms with Gasteiger partial charge in [0.1, 0.15) is 0 Å². The van der Waals surface area contributed by atoms with Crippen LogP contribution in [-0.2, 0) is 4.79 Å². The fraction of sp³-hybridized carbons (Fsp3) is 0.125. The lowest BCUT2D eigenvalue weighted by atomic mass is 10.2. The van der Waals surface area contributed by atoms with Crippen LogP contribution in [0.5, 0.6) is 0 Å². The number of benzene rings is 1. The molecule has 0 aliphatic heterocycles. The van der Waals surface area contributed by atoms with E-state index in [4.69, 9.17) is 5.84 Å². The van der Waals surface area contributed by atoms with Crippen LogP contribution >= 0.6 is 23.1 Å². The summed E-state index contributed by atoms with van der Waals surface area (Å²) in [6.07, 6.45) is 1.67. The van der Waals surface area contributed by atoms with E-state index in [2.05, 4.69) is 26.0 Å². The predicted molar refractivity (Wildman–Crippen MR) is 106 cm³/mol. The number of hydrazone groups is 1. The van der Waals surface area contributed by atoms with Gasteiger partial charge < -0.3 is 11.2 Å². The number of amides is 1. The molecule has 0 aliphatic carbocycles. The summed E-state index contributed by atoms with van der Waals surface area (Å²) in [4.78, 5) is 13.0. The number of aryl methyl sites for hydroxylation is 1. The maximum atomic E-state index is 12.0. The number of carbonyl (C=O) groups is 1. The van der Waals surface area contributed by atoms with E-state index in [1.54, 1.807) is 17.6 Å². The van der Waals surface area contributed by atoms with Crippen molar-refractivity contribution in [3.05, 3.63) is 52.2 Å². The maximum Gasteiger partial charge on any atom is 0.264 e. The molecule has 134 valence electrons. The number of anilines is 2. The molecule has 0 fully saturated rings. The number of carbonyl (C=O) groups excluding carboxylic acids is 1. The first-order chi connectivity index (χ1) is 12.6. The first-order valence-corrected chi connectivity index (χ1v) is 9.51. The Morgan fingerprint density at radius 1 is 1.35 bits per heavy atom. The lowest BCUT2D eigenvalue weighted by molar-refractivity contribution is -0.113. The normalized spacial score (nSPS) is 11.0. The van der Waals surface area contributed by atoms with Crippen molar-refractivity contribution in [2.75, 3.05) is 22.3 Å². The predicted octanol–water partition coefficient (Wildman–Crippen LogP) is 2.54. The summed E-state index contributed by atoms with van der Waals surface area (Å²) in [6.45, 7) is 1.99. The Balaban J connectivity index is 1.51. The van der Waals surface area contributed by atoms with Gasteiger partial charge in [-0.25, -0.2) is 10.1 Å². The molecule has 3 aromatic rings. The Hall–Kier alpha value is -2.85. The van der Waals surface area contributed by atoms with Crippen LogP contribution in [0, 0.1) is 6.92 Å². The fourth-order valence-corrected chi connectivity index (χ4v) is 3.18. The van der Waals surface area contributed by atoms with Crippen molar-refractivity contribution in [2.45, 2.75) is 12.1 Å². The van der Waals surface area contributed by atoms with Crippen molar-refractivity contribution in [1.82, 2.24) is 14.9 Å². The molecule has 0 radical (unpaired) electrons. The van der Waals surface area contributed by atoms with Crippen molar-refractivity contribution in [2.24, 2.45) is 5.10 Å². The zero-order chi connectivity index (χ0) is 18.4. The first-order valence-electron chi connectivity index (χ1n) is 7.64. The van der Waals surface area contributed by atoms with E-state index >= 15 is 0 Å². The van der Waals surface area contributed by atoms with Gasteiger partial charge >= 0.3 is 0 Å². The molecule has 1 amide bonds. The van der Waals surface area contributed by atoms with Gasteiger partial charge in [0, 0.05) is 10.6 Å². The zero-order valence-electron chi connectivity index (χ0n) is 13.9. The Bertz CT molecular complexity index is 888. The quantitative estimate of drug-likeness (QED) is 0.249. The van der Waals surface area contributed by atoms with Crippen LogP contribution in [0.4, 0.5) is 11.6 Å². The zero-order valence-corrected chi connectivity index (χ0v) is 15.5. The molecule has 1 aromatic carbocycles. The molecule has 0 aliphatic rings. The van der Waals surface area contributed by atoms with Gasteiger partial charge in [-0.3, -0.25) is 4.79 Å². The molecule has 0 spiro atoms. The number of hydrogen-bond donors (Lipinski definition) is 3. The molecule has 8 nitrogen and oxygen atoms in total. The topological polar surface area (TPSA) is 110 Å². The van der Waals surface area contributed by atoms with Gasteiger partial charge in [-0.1, -0.05) is 35.5 Å². The number of nitrogens with one attached hydrogen (secondary N) is 2. The number of thioether (sulfide) groups is 1. The van der Waals surface area contributed by atoms with E-state index in [9.17, 15) is 4.79 Å². The van der Waals surface area contributed by atoms with Gasteiger partial charge in [0.15, 0.2) is 0 Å². The van der Waals surface area contributed by atoms with E-state index in [1.165, 1.54) is 16.4 Å². The van der Waals surface area contributed by atoms with E-state index in [1.807, 2.05) is 48.7 Å². The highest BCUT2D eigenvalue weighted by molar-refractivity contribution is 7.99. The minimum absolute atomic E-state index is 0.146. The number of hydrogen-bond acceptors (Lipinski definition) is 8. The molecule has 2 heterocycles. The van der Waals surface area contributed by atoms with Crippen LogP contribution in [0.25, 0.3) is 0 Å². The third-order valence-corrected chi connectivity index (χ3v) is 4.98. The Labute approximate surface area is 158 Å². The summed E-state index contributed by atoms with van der Waals surface area (Å²) in [6, 6.07) is 11.5. The summed E-state index contributed by atoms with van der Waals surface area (Å²) in [7, 11) is 0. The molecule has 0 unspecified atom stereocenters. The van der Waals surface area contributed by atoms with E-state index in [0.29, 0.717) is 11.1 Å². The van der Waals surface area contributed by atoms with Crippen LogP contribution in [-0.4, -0.2) is 32.7 Å². The number of aromatic nitrogens is 3. The monoisotopic (exact) mass is 387 g/mol. The van der Waals surface area contributed by atoms with Crippen molar-refractivity contribution in [1.29, 1.82) is 0 Å². The highest BCUT2D eigenvalue weighted by atomic mass is 32.2. The van der Waals surface area contributed by atoms with Crippen molar-refractivity contribution < 1.29 is 4.79 Å². The average Bonchev–Trinajstić information content (AvgIpc) is 3.26. The number of nitrogen functional groups attached to an aromatic ring is 1. The van der Waals surface area contributed by atoms with Crippen LogP contribution in [0.3, 0.4) is 0 Å². The standard InChI is InChI=1S/C16H17N7OS2/c1-11-4-6-12(7-5-11)19-14(24)10-26-16-22-21-15(23(16)17)20-18-9-13-3-2-8-25-13/h2-9H,10,17H2,1H3,(H,19,24)(H,20,21)/b18-9+. The molecule has 10 heteroatoms. The van der Waals surface area contributed by atoms with Crippen LogP contribution in [0.1, 0.15) is 10.4 Å². The van der Waals surface area contributed by atoms with Gasteiger partial charge in [0.05, 0.1) is 12.0 Å². The molecule has 0 saturated heterocycles. The highest BCUT2D eigenvalue weighted by Gasteiger charge is 2.12.